The van der Waals surface area contributed by atoms with Crippen LogP contribution in [0.2, 0.25) is 0 Å². The monoisotopic (exact) mass is 549 g/mol. The minimum Gasteiger partial charge on any atom is -0.491 e. The number of nitrogens with zero attached hydrogens (tertiary/aromatic N) is 1. The van der Waals surface area contributed by atoms with Gasteiger partial charge < -0.3 is 30.2 Å². The minimum atomic E-state index is -0.593. The molecule has 1 unspecified atom stereocenters. The summed E-state index contributed by atoms with van der Waals surface area (Å²) in [4.78, 5) is 38.5. The summed E-state index contributed by atoms with van der Waals surface area (Å²) in [5.74, 6) is 1.19. The zero-order valence-electron chi connectivity index (χ0n) is 23.4. The van der Waals surface area contributed by atoms with Crippen LogP contribution in [0, 0.1) is 10.8 Å². The second-order valence-electron chi connectivity index (χ2n) is 10.2. The van der Waals surface area contributed by atoms with E-state index in [4.69, 9.17) is 26.0 Å². The van der Waals surface area contributed by atoms with E-state index in [1.165, 1.54) is 13.8 Å². The van der Waals surface area contributed by atoms with Gasteiger partial charge in [-0.2, -0.15) is 0 Å². The van der Waals surface area contributed by atoms with Crippen molar-refractivity contribution in [1.82, 2.24) is 10.2 Å². The number of aryl methyl sites for hydroxylation is 1. The lowest BCUT2D eigenvalue weighted by atomic mass is 10.0. The van der Waals surface area contributed by atoms with Gasteiger partial charge in [-0.15, -0.1) is 0 Å². The second kappa shape index (κ2) is 14.3. The first kappa shape index (κ1) is 30.3. The summed E-state index contributed by atoms with van der Waals surface area (Å²) in [5.41, 5.74) is 7.32. The molecule has 40 heavy (non-hydrogen) atoms. The average molecular weight is 550 g/mol. The molecule has 1 amide bonds. The van der Waals surface area contributed by atoms with Crippen molar-refractivity contribution in [2.45, 2.75) is 65.0 Å². The molecular formula is C30H39N5O5. The Kier molecular flexibility index (Phi) is 10.8. The molecule has 1 aliphatic rings. The maximum atomic E-state index is 13.0. The van der Waals surface area contributed by atoms with Gasteiger partial charge in [-0.3, -0.25) is 20.4 Å². The number of hydrogen-bond acceptors (Lipinski definition) is 7. The van der Waals surface area contributed by atoms with Crippen LogP contribution in [0.5, 0.6) is 11.5 Å². The van der Waals surface area contributed by atoms with Crippen LogP contribution >= 0.6 is 0 Å². The fraction of sp³-hybridized carbons (Fsp3) is 0.433. The van der Waals surface area contributed by atoms with Crippen LogP contribution in [0.1, 0.15) is 67.9 Å². The van der Waals surface area contributed by atoms with Crippen molar-refractivity contribution in [3.8, 4) is 11.5 Å². The van der Waals surface area contributed by atoms with E-state index in [0.29, 0.717) is 41.3 Å². The SMILES string of the molecule is CC(=N)N1CCC(Oc2ccc(C(=O)NC(COc3cc(C(=N)N)ccc3CCC(C)=O)CC(C)=O)cc2)CC1. The number of nitrogens with two attached hydrogens (primary N) is 1. The van der Waals surface area contributed by atoms with Gasteiger partial charge in [0, 0.05) is 49.9 Å². The Morgan fingerprint density at radius 1 is 1.00 bits per heavy atom. The summed E-state index contributed by atoms with van der Waals surface area (Å²) >= 11 is 0. The summed E-state index contributed by atoms with van der Waals surface area (Å²) in [6, 6.07) is 11.4. The minimum absolute atomic E-state index is 0.0227. The van der Waals surface area contributed by atoms with E-state index in [2.05, 4.69) is 5.32 Å². The van der Waals surface area contributed by atoms with Crippen molar-refractivity contribution in [2.75, 3.05) is 19.7 Å². The lowest BCUT2D eigenvalue weighted by molar-refractivity contribution is -0.118. The average Bonchev–Trinajstić information content (AvgIpc) is 2.91. The molecule has 10 nitrogen and oxygen atoms in total. The Labute approximate surface area is 235 Å². The zero-order valence-corrected chi connectivity index (χ0v) is 23.4. The van der Waals surface area contributed by atoms with Crippen LogP contribution in [-0.2, 0) is 16.0 Å². The molecule has 1 aliphatic heterocycles. The molecule has 2 aromatic carbocycles. The van der Waals surface area contributed by atoms with Gasteiger partial charge in [0.2, 0.25) is 0 Å². The van der Waals surface area contributed by atoms with Crippen LogP contribution in [0.3, 0.4) is 0 Å². The van der Waals surface area contributed by atoms with Gasteiger partial charge in [0.25, 0.3) is 5.91 Å². The fourth-order valence-electron chi connectivity index (χ4n) is 4.52. The van der Waals surface area contributed by atoms with Crippen LogP contribution in [0.4, 0.5) is 0 Å². The third kappa shape index (κ3) is 9.21. The lowest BCUT2D eigenvalue weighted by Gasteiger charge is -2.32. The molecule has 1 saturated heterocycles. The van der Waals surface area contributed by atoms with E-state index in [9.17, 15) is 14.4 Å². The van der Waals surface area contributed by atoms with Crippen molar-refractivity contribution >= 4 is 29.1 Å². The maximum Gasteiger partial charge on any atom is 0.251 e. The molecule has 0 spiro atoms. The number of Topliss-reactive ketones (excluding diaryl/α,β-unsaturated/α-hetero) is 2. The van der Waals surface area contributed by atoms with E-state index in [1.807, 2.05) is 4.90 Å². The first-order valence-electron chi connectivity index (χ1n) is 13.5. The number of nitrogen functional groups attached to an aromatic ring is 1. The molecule has 3 rings (SSSR count). The number of amidine groups is 2. The molecule has 0 aliphatic carbocycles. The quantitative estimate of drug-likeness (QED) is 0.220. The molecular weight excluding hydrogens is 510 g/mol. The van der Waals surface area contributed by atoms with E-state index < -0.39 is 6.04 Å². The van der Waals surface area contributed by atoms with Crippen molar-refractivity contribution in [3.63, 3.8) is 0 Å². The van der Waals surface area contributed by atoms with Crippen molar-refractivity contribution < 1.29 is 23.9 Å². The van der Waals surface area contributed by atoms with Gasteiger partial charge in [-0.1, -0.05) is 12.1 Å². The normalized spacial score (nSPS) is 14.2. The molecule has 0 saturated carbocycles. The Morgan fingerprint density at radius 2 is 1.65 bits per heavy atom. The van der Waals surface area contributed by atoms with E-state index >= 15 is 0 Å². The number of ether oxygens (including phenoxy) is 2. The largest absolute Gasteiger partial charge is 0.491 e. The summed E-state index contributed by atoms with van der Waals surface area (Å²) in [7, 11) is 0. The smallest absolute Gasteiger partial charge is 0.251 e. The molecule has 0 aromatic heterocycles. The molecule has 0 radical (unpaired) electrons. The number of nitrogens with one attached hydrogen (secondary N) is 3. The highest BCUT2D eigenvalue weighted by atomic mass is 16.5. The first-order valence-corrected chi connectivity index (χ1v) is 13.5. The molecule has 5 N–H and O–H groups in total. The van der Waals surface area contributed by atoms with E-state index in [1.54, 1.807) is 49.4 Å². The molecule has 1 atom stereocenters. The predicted molar refractivity (Wildman–Crippen MR) is 154 cm³/mol. The topological polar surface area (TPSA) is 159 Å². The highest BCUT2D eigenvalue weighted by Crippen LogP contribution is 2.23. The standard InChI is InChI=1S/C30H39N5O5/c1-19(36)4-5-22-6-7-24(29(32)33)17-28(22)39-18-25(16-20(2)37)34-30(38)23-8-10-26(11-9-23)40-27-12-14-35(15-13-27)21(3)31/h6-11,17,25,27,31H,4-5,12-16,18H2,1-3H3,(H3,32,33)(H,34,38). The summed E-state index contributed by atoms with van der Waals surface area (Å²) < 4.78 is 12.1. The van der Waals surface area contributed by atoms with Crippen LogP contribution in [0.25, 0.3) is 0 Å². The van der Waals surface area contributed by atoms with Gasteiger partial charge in [0.05, 0.1) is 11.9 Å². The number of likely N-dealkylation sites (tertiary alicyclic amines) is 1. The third-order valence-electron chi connectivity index (χ3n) is 6.77. The highest BCUT2D eigenvalue weighted by molar-refractivity contribution is 5.95. The number of carbonyl (C=O) groups excluding carboxylic acids is 3. The Morgan fingerprint density at radius 3 is 2.23 bits per heavy atom. The molecule has 2 aromatic rings. The summed E-state index contributed by atoms with van der Waals surface area (Å²) in [6.07, 6.45) is 2.60. The van der Waals surface area contributed by atoms with Crippen LogP contribution in [0.15, 0.2) is 42.5 Å². The first-order chi connectivity index (χ1) is 19.0. The Balaban J connectivity index is 1.63. The van der Waals surface area contributed by atoms with Crippen LogP contribution < -0.4 is 20.5 Å². The molecule has 214 valence electrons. The van der Waals surface area contributed by atoms with Gasteiger partial charge >= 0.3 is 0 Å². The van der Waals surface area contributed by atoms with Gasteiger partial charge in [-0.25, -0.2) is 0 Å². The molecule has 1 heterocycles. The van der Waals surface area contributed by atoms with Gasteiger partial charge in [0.1, 0.15) is 41.6 Å². The summed E-state index contributed by atoms with van der Waals surface area (Å²) in [6.45, 7) is 6.36. The van der Waals surface area contributed by atoms with Crippen LogP contribution in [-0.4, -0.2) is 65.9 Å². The number of benzene rings is 2. The summed E-state index contributed by atoms with van der Waals surface area (Å²) in [5, 5.41) is 18.4. The van der Waals surface area contributed by atoms with Crippen molar-refractivity contribution in [3.05, 3.63) is 59.2 Å². The molecule has 1 fully saturated rings. The zero-order chi connectivity index (χ0) is 29.2. The second-order valence-corrected chi connectivity index (χ2v) is 10.2. The van der Waals surface area contributed by atoms with Crippen molar-refractivity contribution in [1.29, 1.82) is 10.8 Å². The van der Waals surface area contributed by atoms with Gasteiger partial charge in [-0.05, 0) is 63.1 Å². The number of rotatable bonds is 13. The number of carbonyl (C=O) groups is 3. The van der Waals surface area contributed by atoms with Crippen molar-refractivity contribution in [2.24, 2.45) is 5.73 Å². The number of amides is 1. The van der Waals surface area contributed by atoms with E-state index in [-0.39, 0.29) is 42.4 Å². The van der Waals surface area contributed by atoms with E-state index in [0.717, 1.165) is 31.5 Å². The Bertz CT molecular complexity index is 1240. The molecule has 0 bridgehead atoms. The predicted octanol–water partition coefficient (Wildman–Crippen LogP) is 3.49. The number of hydrogen-bond donors (Lipinski definition) is 4. The fourth-order valence-corrected chi connectivity index (χ4v) is 4.52. The lowest BCUT2D eigenvalue weighted by Crippen LogP contribution is -2.40. The number of piperidine rings is 1. The third-order valence-corrected chi connectivity index (χ3v) is 6.77. The molecule has 10 heteroatoms. The highest BCUT2D eigenvalue weighted by Gasteiger charge is 2.22. The Hall–Kier alpha value is -4.21. The van der Waals surface area contributed by atoms with Gasteiger partial charge in [0.15, 0.2) is 0 Å². The maximum absolute atomic E-state index is 13.0. The number of ketones is 2.